The van der Waals surface area contributed by atoms with Gasteiger partial charge in [0.2, 0.25) is 5.91 Å². The molecule has 3 aromatic carbocycles. The fraction of sp³-hybridized carbons (Fsp3) is 0.0952. The van der Waals surface area contributed by atoms with Gasteiger partial charge in [-0.25, -0.2) is 8.78 Å². The Morgan fingerprint density at radius 3 is 2.30 bits per heavy atom. The minimum Gasteiger partial charge on any atom is -0.457 e. The molecule has 3 nitrogen and oxygen atoms in total. The van der Waals surface area contributed by atoms with Crippen LogP contribution in [0, 0.1) is 11.6 Å². The lowest BCUT2D eigenvalue weighted by Gasteiger charge is -2.24. The molecule has 1 heterocycles. The first kappa shape index (κ1) is 17.5. The molecule has 3 aromatic rings. The van der Waals surface area contributed by atoms with Crippen LogP contribution in [0.5, 0.6) is 11.5 Å². The maximum absolute atomic E-state index is 13.6. The smallest absolute Gasteiger partial charge is 0.238 e. The van der Waals surface area contributed by atoms with Gasteiger partial charge in [-0.2, -0.15) is 0 Å². The molecule has 6 heteroatoms. The van der Waals surface area contributed by atoms with Crippen molar-refractivity contribution in [3.8, 4) is 11.5 Å². The maximum Gasteiger partial charge on any atom is 0.238 e. The summed E-state index contributed by atoms with van der Waals surface area (Å²) in [4.78, 5) is 14.0. The molecule has 1 aliphatic heterocycles. The largest absolute Gasteiger partial charge is 0.457 e. The number of halogens is 2. The van der Waals surface area contributed by atoms with Gasteiger partial charge >= 0.3 is 0 Å². The van der Waals surface area contributed by atoms with Crippen molar-refractivity contribution in [2.45, 2.75) is 5.37 Å². The molecule has 0 aliphatic carbocycles. The average molecular weight is 383 g/mol. The van der Waals surface area contributed by atoms with Gasteiger partial charge in [-0.15, -0.1) is 11.8 Å². The highest BCUT2D eigenvalue weighted by Crippen LogP contribution is 2.42. The molecule has 0 bridgehead atoms. The molecule has 1 atom stereocenters. The molecule has 0 N–H and O–H groups in total. The second-order valence-electron chi connectivity index (χ2n) is 6.01. The highest BCUT2D eigenvalue weighted by Gasteiger charge is 2.34. The Bertz CT molecular complexity index is 964. The van der Waals surface area contributed by atoms with E-state index in [0.29, 0.717) is 17.0 Å². The van der Waals surface area contributed by atoms with Crippen molar-refractivity contribution in [2.75, 3.05) is 10.7 Å². The Balaban J connectivity index is 1.58. The highest BCUT2D eigenvalue weighted by molar-refractivity contribution is 8.00. The Morgan fingerprint density at radius 2 is 1.59 bits per heavy atom. The lowest BCUT2D eigenvalue weighted by Crippen LogP contribution is -2.27. The van der Waals surface area contributed by atoms with Gasteiger partial charge in [0.15, 0.2) is 11.6 Å². The molecule has 136 valence electrons. The quantitative estimate of drug-likeness (QED) is 0.593. The van der Waals surface area contributed by atoms with Gasteiger partial charge < -0.3 is 4.74 Å². The summed E-state index contributed by atoms with van der Waals surface area (Å²) in [5, 5.41) is -0.395. The summed E-state index contributed by atoms with van der Waals surface area (Å²) < 4.78 is 32.6. The predicted octanol–water partition coefficient (Wildman–Crippen LogP) is 5.54. The number of thioether (sulfide) groups is 1. The van der Waals surface area contributed by atoms with Crippen LogP contribution >= 0.6 is 11.8 Å². The summed E-state index contributed by atoms with van der Waals surface area (Å²) in [5.41, 5.74) is 1.23. The van der Waals surface area contributed by atoms with Crippen molar-refractivity contribution in [1.29, 1.82) is 0 Å². The molecule has 1 aliphatic rings. The zero-order valence-corrected chi connectivity index (χ0v) is 15.0. The molecule has 0 unspecified atom stereocenters. The van der Waals surface area contributed by atoms with E-state index in [-0.39, 0.29) is 11.7 Å². The zero-order chi connectivity index (χ0) is 18.8. The number of carbonyl (C=O) groups is 1. The Morgan fingerprint density at radius 1 is 0.889 bits per heavy atom. The maximum atomic E-state index is 13.6. The number of nitrogens with zero attached hydrogens (tertiary/aromatic N) is 1. The Labute approximate surface area is 159 Å². The molecule has 27 heavy (non-hydrogen) atoms. The van der Waals surface area contributed by atoms with Crippen molar-refractivity contribution >= 4 is 23.4 Å². The number of benzene rings is 3. The molecule has 0 saturated carbocycles. The number of ether oxygens (including phenoxy) is 1. The van der Waals surface area contributed by atoms with Crippen molar-refractivity contribution in [3.05, 3.63) is 90.0 Å². The fourth-order valence-electron chi connectivity index (χ4n) is 2.92. The standard InChI is InChI=1S/C21H15F2NO2S/c22-18-11-6-14(12-19(18)23)21-24(20(25)13-27-21)15-7-9-17(10-8-15)26-16-4-2-1-3-5-16/h1-12,21H,13H2/t21-/m1/s1. The highest BCUT2D eigenvalue weighted by atomic mass is 32.2. The van der Waals surface area contributed by atoms with E-state index < -0.39 is 17.0 Å². The van der Waals surface area contributed by atoms with Crippen molar-refractivity contribution in [2.24, 2.45) is 0 Å². The van der Waals surface area contributed by atoms with Crippen LogP contribution in [0.25, 0.3) is 0 Å². The number of hydrogen-bond donors (Lipinski definition) is 0. The first-order valence-electron chi connectivity index (χ1n) is 8.33. The van der Waals surface area contributed by atoms with E-state index in [1.165, 1.54) is 17.8 Å². The van der Waals surface area contributed by atoms with Crippen molar-refractivity contribution in [1.82, 2.24) is 0 Å². The number of rotatable bonds is 4. The number of para-hydroxylation sites is 1. The second-order valence-corrected chi connectivity index (χ2v) is 7.08. The third-order valence-electron chi connectivity index (χ3n) is 4.19. The van der Waals surface area contributed by atoms with E-state index in [0.717, 1.165) is 17.9 Å². The van der Waals surface area contributed by atoms with Gasteiger partial charge in [0.1, 0.15) is 16.9 Å². The van der Waals surface area contributed by atoms with Crippen LogP contribution in [-0.2, 0) is 4.79 Å². The monoisotopic (exact) mass is 383 g/mol. The van der Waals surface area contributed by atoms with Gasteiger partial charge in [0, 0.05) is 5.69 Å². The van der Waals surface area contributed by atoms with Crippen LogP contribution in [-0.4, -0.2) is 11.7 Å². The van der Waals surface area contributed by atoms with Gasteiger partial charge in [-0.3, -0.25) is 9.69 Å². The third kappa shape index (κ3) is 3.66. The Kier molecular flexibility index (Phi) is 4.81. The van der Waals surface area contributed by atoms with E-state index in [4.69, 9.17) is 4.74 Å². The average Bonchev–Trinajstić information content (AvgIpc) is 3.07. The predicted molar refractivity (Wildman–Crippen MR) is 102 cm³/mol. The van der Waals surface area contributed by atoms with Crippen LogP contribution in [0.1, 0.15) is 10.9 Å². The number of hydrogen-bond acceptors (Lipinski definition) is 3. The third-order valence-corrected chi connectivity index (χ3v) is 5.40. The van der Waals surface area contributed by atoms with Crippen LogP contribution in [0.3, 0.4) is 0 Å². The number of amides is 1. The van der Waals surface area contributed by atoms with Crippen LogP contribution in [0.4, 0.5) is 14.5 Å². The summed E-state index contributed by atoms with van der Waals surface area (Å²) >= 11 is 1.38. The molecule has 0 spiro atoms. The molecular formula is C21H15F2NO2S. The van der Waals surface area contributed by atoms with Crippen molar-refractivity contribution in [3.63, 3.8) is 0 Å². The van der Waals surface area contributed by atoms with E-state index in [9.17, 15) is 13.6 Å². The molecule has 0 aromatic heterocycles. The van der Waals surface area contributed by atoms with Crippen LogP contribution in [0.15, 0.2) is 72.8 Å². The van der Waals surface area contributed by atoms with E-state index in [2.05, 4.69) is 0 Å². The van der Waals surface area contributed by atoms with E-state index >= 15 is 0 Å². The summed E-state index contributed by atoms with van der Waals surface area (Å²) in [7, 11) is 0. The minimum atomic E-state index is -0.918. The molecule has 1 amide bonds. The van der Waals surface area contributed by atoms with Gasteiger partial charge in [0.25, 0.3) is 0 Å². The minimum absolute atomic E-state index is 0.0774. The van der Waals surface area contributed by atoms with E-state index in [1.807, 2.05) is 30.3 Å². The van der Waals surface area contributed by atoms with Crippen LogP contribution in [0.2, 0.25) is 0 Å². The molecule has 1 saturated heterocycles. The Hall–Kier alpha value is -2.86. The SMILES string of the molecule is O=C1CS[C@H](c2ccc(F)c(F)c2)N1c1ccc(Oc2ccccc2)cc1. The van der Waals surface area contributed by atoms with Gasteiger partial charge in [0.05, 0.1) is 5.75 Å². The van der Waals surface area contributed by atoms with Crippen LogP contribution < -0.4 is 9.64 Å². The second kappa shape index (κ2) is 7.40. The molecule has 1 fully saturated rings. The van der Waals surface area contributed by atoms with Gasteiger partial charge in [-0.05, 0) is 54.1 Å². The topological polar surface area (TPSA) is 29.5 Å². The summed E-state index contributed by atoms with van der Waals surface area (Å²) in [6.07, 6.45) is 0. The summed E-state index contributed by atoms with van der Waals surface area (Å²) in [5.74, 6) is -0.245. The van der Waals surface area contributed by atoms with Gasteiger partial charge in [-0.1, -0.05) is 24.3 Å². The lowest BCUT2D eigenvalue weighted by atomic mass is 10.1. The van der Waals surface area contributed by atoms with E-state index in [1.54, 1.807) is 29.2 Å². The fourth-order valence-corrected chi connectivity index (χ4v) is 4.08. The normalized spacial score (nSPS) is 16.6. The molecular weight excluding hydrogens is 368 g/mol. The van der Waals surface area contributed by atoms with Crippen molar-refractivity contribution < 1.29 is 18.3 Å². The number of anilines is 1. The zero-order valence-electron chi connectivity index (χ0n) is 14.1. The summed E-state index contributed by atoms with van der Waals surface area (Å²) in [6, 6.07) is 20.3. The lowest BCUT2D eigenvalue weighted by molar-refractivity contribution is -0.115. The summed E-state index contributed by atoms with van der Waals surface area (Å²) in [6.45, 7) is 0. The number of carbonyl (C=O) groups excluding carboxylic acids is 1. The first-order valence-corrected chi connectivity index (χ1v) is 9.38. The first-order chi connectivity index (χ1) is 13.1. The molecule has 0 radical (unpaired) electrons. The molecule has 4 rings (SSSR count).